The quantitative estimate of drug-likeness (QED) is 0.875. The van der Waals surface area contributed by atoms with E-state index in [1.54, 1.807) is 19.4 Å². The molecule has 0 aliphatic carbocycles. The Hall–Kier alpha value is -1.93. The van der Waals surface area contributed by atoms with Gasteiger partial charge >= 0.3 is 0 Å². The van der Waals surface area contributed by atoms with Gasteiger partial charge in [0.05, 0.1) is 18.9 Å². The summed E-state index contributed by atoms with van der Waals surface area (Å²) in [6.07, 6.45) is 3.06. The van der Waals surface area contributed by atoms with Crippen LogP contribution in [0.15, 0.2) is 41.3 Å². The zero-order valence-corrected chi connectivity index (χ0v) is 11.3. The monoisotopic (exact) mass is 303 g/mol. The molecule has 0 saturated carbocycles. The maximum absolute atomic E-state index is 9.36. The second kappa shape index (κ2) is 5.61. The minimum Gasteiger partial charge on any atom is -0.496 e. The number of aromatic nitrogens is 2. The SMILES string of the molecule is COc1ccc(Br)cc1C(C#N)c1ccncn1. The van der Waals surface area contributed by atoms with E-state index in [0.717, 1.165) is 10.0 Å². The van der Waals surface area contributed by atoms with Gasteiger partial charge in [-0.2, -0.15) is 5.26 Å². The van der Waals surface area contributed by atoms with Crippen molar-refractivity contribution in [2.75, 3.05) is 7.11 Å². The lowest BCUT2D eigenvalue weighted by Crippen LogP contribution is -2.03. The smallest absolute Gasteiger partial charge is 0.123 e. The molecule has 0 aliphatic heterocycles. The van der Waals surface area contributed by atoms with E-state index in [0.29, 0.717) is 11.4 Å². The number of nitrogens with zero attached hydrogens (tertiary/aromatic N) is 3. The van der Waals surface area contributed by atoms with Crippen molar-refractivity contribution in [2.45, 2.75) is 5.92 Å². The van der Waals surface area contributed by atoms with Crippen molar-refractivity contribution in [1.29, 1.82) is 5.26 Å². The molecule has 1 atom stereocenters. The second-order valence-electron chi connectivity index (χ2n) is 3.58. The fourth-order valence-corrected chi connectivity index (χ4v) is 2.08. The van der Waals surface area contributed by atoms with Crippen LogP contribution in [-0.2, 0) is 0 Å². The topological polar surface area (TPSA) is 58.8 Å². The molecule has 18 heavy (non-hydrogen) atoms. The molecular weight excluding hydrogens is 294 g/mol. The summed E-state index contributed by atoms with van der Waals surface area (Å²) in [5.74, 6) is 0.198. The normalized spacial score (nSPS) is 11.6. The van der Waals surface area contributed by atoms with Gasteiger partial charge in [0.25, 0.3) is 0 Å². The number of benzene rings is 1. The molecule has 4 nitrogen and oxygen atoms in total. The highest BCUT2D eigenvalue weighted by molar-refractivity contribution is 9.10. The van der Waals surface area contributed by atoms with Gasteiger partial charge in [0.1, 0.15) is 18.0 Å². The van der Waals surface area contributed by atoms with Crippen molar-refractivity contribution in [3.63, 3.8) is 0 Å². The van der Waals surface area contributed by atoms with E-state index in [-0.39, 0.29) is 0 Å². The molecule has 0 spiro atoms. The number of ether oxygens (including phenoxy) is 1. The van der Waals surface area contributed by atoms with Crippen molar-refractivity contribution in [1.82, 2.24) is 9.97 Å². The van der Waals surface area contributed by atoms with Crippen molar-refractivity contribution >= 4 is 15.9 Å². The molecule has 90 valence electrons. The van der Waals surface area contributed by atoms with Crippen LogP contribution < -0.4 is 4.74 Å². The van der Waals surface area contributed by atoms with Crippen LogP contribution in [0.25, 0.3) is 0 Å². The third-order valence-corrected chi connectivity index (χ3v) is 3.03. The van der Waals surface area contributed by atoms with Crippen molar-refractivity contribution in [2.24, 2.45) is 0 Å². The Morgan fingerprint density at radius 2 is 2.22 bits per heavy atom. The lowest BCUT2D eigenvalue weighted by Gasteiger charge is -2.13. The third kappa shape index (κ3) is 2.49. The third-order valence-electron chi connectivity index (χ3n) is 2.53. The predicted molar refractivity (Wildman–Crippen MR) is 70.2 cm³/mol. The van der Waals surface area contributed by atoms with Crippen molar-refractivity contribution < 1.29 is 4.74 Å². The summed E-state index contributed by atoms with van der Waals surface area (Å²) >= 11 is 3.40. The van der Waals surface area contributed by atoms with Crippen LogP contribution in [0.3, 0.4) is 0 Å². The molecule has 0 aliphatic rings. The van der Waals surface area contributed by atoms with Gasteiger partial charge in [-0.15, -0.1) is 0 Å². The Balaban J connectivity index is 2.52. The summed E-state index contributed by atoms with van der Waals surface area (Å²) < 4.78 is 6.19. The highest BCUT2D eigenvalue weighted by Crippen LogP contribution is 2.32. The van der Waals surface area contributed by atoms with E-state index in [1.807, 2.05) is 18.2 Å². The molecule has 1 aromatic heterocycles. The highest BCUT2D eigenvalue weighted by atomic mass is 79.9. The Morgan fingerprint density at radius 1 is 1.39 bits per heavy atom. The fraction of sp³-hybridized carbons (Fsp3) is 0.154. The number of nitriles is 1. The van der Waals surface area contributed by atoms with E-state index in [9.17, 15) is 5.26 Å². The Bertz CT molecular complexity index is 581. The molecular formula is C13H10BrN3O. The molecule has 0 amide bonds. The second-order valence-corrected chi connectivity index (χ2v) is 4.50. The first-order chi connectivity index (χ1) is 8.76. The molecule has 0 N–H and O–H groups in total. The van der Waals surface area contributed by atoms with E-state index < -0.39 is 5.92 Å². The standard InChI is InChI=1S/C13H10BrN3O/c1-18-13-3-2-9(14)6-10(13)11(7-15)12-4-5-16-8-17-12/h2-6,8,11H,1H3. The van der Waals surface area contributed by atoms with E-state index in [4.69, 9.17) is 4.74 Å². The van der Waals surface area contributed by atoms with E-state index >= 15 is 0 Å². The van der Waals surface area contributed by atoms with Crippen LogP contribution in [0.5, 0.6) is 5.75 Å². The molecule has 0 fully saturated rings. The molecule has 1 unspecified atom stereocenters. The van der Waals surface area contributed by atoms with Gasteiger partial charge in [-0.1, -0.05) is 15.9 Å². The number of hydrogen-bond donors (Lipinski definition) is 0. The van der Waals surface area contributed by atoms with Gasteiger partial charge in [-0.25, -0.2) is 9.97 Å². The molecule has 1 aromatic carbocycles. The van der Waals surface area contributed by atoms with Crippen molar-refractivity contribution in [3.05, 3.63) is 52.5 Å². The minimum absolute atomic E-state index is 0.472. The van der Waals surface area contributed by atoms with Gasteiger partial charge in [0.2, 0.25) is 0 Å². The highest BCUT2D eigenvalue weighted by Gasteiger charge is 2.19. The molecule has 0 radical (unpaired) electrons. The van der Waals surface area contributed by atoms with Crippen molar-refractivity contribution in [3.8, 4) is 11.8 Å². The van der Waals surface area contributed by atoms with Gasteiger partial charge in [0.15, 0.2) is 0 Å². The fourth-order valence-electron chi connectivity index (χ4n) is 1.70. The average molecular weight is 304 g/mol. The molecule has 5 heteroatoms. The van der Waals surface area contributed by atoms with Gasteiger partial charge in [0, 0.05) is 16.2 Å². The summed E-state index contributed by atoms with van der Waals surface area (Å²) in [7, 11) is 1.58. The molecule has 2 aromatic rings. The van der Waals surface area contributed by atoms with Gasteiger partial charge in [-0.05, 0) is 24.3 Å². The maximum atomic E-state index is 9.36. The Labute approximate surface area is 113 Å². The van der Waals surface area contributed by atoms with Gasteiger partial charge < -0.3 is 4.74 Å². The minimum atomic E-state index is -0.472. The zero-order valence-electron chi connectivity index (χ0n) is 9.67. The summed E-state index contributed by atoms with van der Waals surface area (Å²) in [6, 6.07) is 9.54. The lowest BCUT2D eigenvalue weighted by atomic mass is 9.96. The predicted octanol–water partition coefficient (Wildman–Crippen LogP) is 2.90. The van der Waals surface area contributed by atoms with Crippen LogP contribution in [0.1, 0.15) is 17.2 Å². The summed E-state index contributed by atoms with van der Waals surface area (Å²) in [4.78, 5) is 7.98. The first-order valence-corrected chi connectivity index (χ1v) is 6.04. The Kier molecular flexibility index (Phi) is 3.90. The van der Waals surface area contributed by atoms with Crippen LogP contribution in [0, 0.1) is 11.3 Å². The van der Waals surface area contributed by atoms with Crippen LogP contribution in [-0.4, -0.2) is 17.1 Å². The van der Waals surface area contributed by atoms with E-state index in [1.165, 1.54) is 6.33 Å². The zero-order chi connectivity index (χ0) is 13.0. The average Bonchev–Trinajstić information content (AvgIpc) is 2.41. The Morgan fingerprint density at radius 3 is 2.83 bits per heavy atom. The summed E-state index contributed by atoms with van der Waals surface area (Å²) in [5, 5.41) is 9.36. The molecule has 2 rings (SSSR count). The van der Waals surface area contributed by atoms with Crippen LogP contribution >= 0.6 is 15.9 Å². The van der Waals surface area contributed by atoms with E-state index in [2.05, 4.69) is 32.0 Å². The number of methoxy groups -OCH3 is 1. The molecule has 0 bridgehead atoms. The number of hydrogen-bond acceptors (Lipinski definition) is 4. The van der Waals surface area contributed by atoms with Crippen LogP contribution in [0.2, 0.25) is 0 Å². The first kappa shape index (κ1) is 12.5. The molecule has 0 saturated heterocycles. The molecule has 1 heterocycles. The maximum Gasteiger partial charge on any atom is 0.123 e. The van der Waals surface area contributed by atoms with Gasteiger partial charge in [-0.3, -0.25) is 0 Å². The summed E-state index contributed by atoms with van der Waals surface area (Å²) in [6.45, 7) is 0. The number of halogens is 1. The number of rotatable bonds is 3. The lowest BCUT2D eigenvalue weighted by molar-refractivity contribution is 0.409. The summed E-state index contributed by atoms with van der Waals surface area (Å²) in [5.41, 5.74) is 1.44. The first-order valence-electron chi connectivity index (χ1n) is 5.25. The largest absolute Gasteiger partial charge is 0.496 e. The van der Waals surface area contributed by atoms with Crippen LogP contribution in [0.4, 0.5) is 0 Å².